The summed E-state index contributed by atoms with van der Waals surface area (Å²) in [6.07, 6.45) is 2.74. The number of nitrogens with one attached hydrogen (secondary N) is 1. The highest BCUT2D eigenvalue weighted by Gasteiger charge is 2.19. The van der Waals surface area contributed by atoms with E-state index in [0.29, 0.717) is 16.9 Å². The van der Waals surface area contributed by atoms with Crippen molar-refractivity contribution in [3.8, 4) is 0 Å². The van der Waals surface area contributed by atoms with Crippen LogP contribution in [0.4, 0.5) is 10.5 Å². The number of carbonyl (C=O) groups excluding carboxylic acids is 2. The van der Waals surface area contributed by atoms with E-state index in [4.69, 9.17) is 9.47 Å². The summed E-state index contributed by atoms with van der Waals surface area (Å²) in [7, 11) is 1.30. The molecule has 118 valence electrons. The van der Waals surface area contributed by atoms with E-state index >= 15 is 0 Å². The van der Waals surface area contributed by atoms with Crippen LogP contribution in [-0.4, -0.2) is 34.2 Å². The number of carbonyl (C=O) groups is 2. The largest absolute Gasteiger partial charge is 0.465 e. The number of methoxy groups -OCH3 is 1. The van der Waals surface area contributed by atoms with Crippen LogP contribution in [0.3, 0.4) is 0 Å². The molecule has 0 aliphatic carbocycles. The number of ether oxygens (including phenoxy) is 2. The van der Waals surface area contributed by atoms with Crippen molar-refractivity contribution in [3.63, 3.8) is 0 Å². The predicted octanol–water partition coefficient (Wildman–Crippen LogP) is 2.78. The molecule has 0 aliphatic rings. The average molecular weight is 305 g/mol. The Morgan fingerprint density at radius 1 is 1.27 bits per heavy atom. The Morgan fingerprint density at radius 3 is 2.55 bits per heavy atom. The highest BCUT2D eigenvalue weighted by atomic mass is 16.6. The van der Waals surface area contributed by atoms with Gasteiger partial charge >= 0.3 is 12.1 Å². The number of aromatic nitrogens is 2. The molecule has 0 saturated carbocycles. The lowest BCUT2D eigenvalue weighted by molar-refractivity contribution is 0.0595. The maximum absolute atomic E-state index is 11.9. The van der Waals surface area contributed by atoms with E-state index in [1.165, 1.54) is 13.2 Å². The fraction of sp³-hybridized carbons (Fsp3) is 0.400. The predicted molar refractivity (Wildman–Crippen MR) is 81.1 cm³/mol. The number of imidazole rings is 1. The highest BCUT2D eigenvalue weighted by Crippen LogP contribution is 2.21. The number of esters is 1. The Balaban J connectivity index is 2.42. The van der Waals surface area contributed by atoms with Crippen LogP contribution in [0, 0.1) is 6.92 Å². The van der Waals surface area contributed by atoms with Gasteiger partial charge in [-0.15, -0.1) is 0 Å². The molecule has 2 aromatic heterocycles. The Bertz CT molecular complexity index is 728. The molecule has 0 bridgehead atoms. The molecule has 1 N–H and O–H groups in total. The number of aryl methyl sites for hydroxylation is 1. The molecule has 0 aliphatic heterocycles. The number of hydrogen-bond donors (Lipinski definition) is 1. The molecule has 7 heteroatoms. The Hall–Kier alpha value is -2.57. The Kier molecular flexibility index (Phi) is 4.07. The molecule has 1 amide bonds. The van der Waals surface area contributed by atoms with Crippen LogP contribution in [0.5, 0.6) is 0 Å². The molecule has 0 spiro atoms. The van der Waals surface area contributed by atoms with E-state index in [1.54, 1.807) is 37.6 Å². The molecule has 0 fully saturated rings. The van der Waals surface area contributed by atoms with Gasteiger partial charge < -0.3 is 13.9 Å². The Morgan fingerprint density at radius 2 is 1.95 bits per heavy atom. The van der Waals surface area contributed by atoms with E-state index in [2.05, 4.69) is 10.3 Å². The van der Waals surface area contributed by atoms with Crippen LogP contribution in [0.15, 0.2) is 18.5 Å². The third-order valence-electron chi connectivity index (χ3n) is 2.73. The van der Waals surface area contributed by atoms with Crippen molar-refractivity contribution in [3.05, 3.63) is 29.7 Å². The van der Waals surface area contributed by atoms with Gasteiger partial charge in [-0.3, -0.25) is 5.32 Å². The van der Waals surface area contributed by atoms with E-state index in [0.717, 1.165) is 5.69 Å². The summed E-state index contributed by atoms with van der Waals surface area (Å²) in [5.74, 6) is -0.500. The Labute approximate surface area is 128 Å². The van der Waals surface area contributed by atoms with Crippen molar-refractivity contribution >= 4 is 23.4 Å². The zero-order valence-electron chi connectivity index (χ0n) is 13.3. The van der Waals surface area contributed by atoms with Gasteiger partial charge in [0.2, 0.25) is 0 Å². The molecule has 2 heterocycles. The summed E-state index contributed by atoms with van der Waals surface area (Å²) in [6, 6.07) is 1.51. The van der Waals surface area contributed by atoms with Crippen LogP contribution >= 0.6 is 0 Å². The van der Waals surface area contributed by atoms with Crippen LogP contribution in [0.25, 0.3) is 5.65 Å². The quantitative estimate of drug-likeness (QED) is 0.863. The van der Waals surface area contributed by atoms with Crippen molar-refractivity contribution in [2.24, 2.45) is 0 Å². The van der Waals surface area contributed by atoms with Crippen molar-refractivity contribution in [1.82, 2.24) is 9.38 Å². The molecule has 2 rings (SSSR count). The number of rotatable bonds is 2. The van der Waals surface area contributed by atoms with Gasteiger partial charge in [0.1, 0.15) is 5.60 Å². The van der Waals surface area contributed by atoms with Gasteiger partial charge in [0, 0.05) is 12.4 Å². The second-order valence-electron chi connectivity index (χ2n) is 5.87. The summed E-state index contributed by atoms with van der Waals surface area (Å²) in [4.78, 5) is 28.0. The van der Waals surface area contributed by atoms with Crippen LogP contribution in [0.1, 0.15) is 36.8 Å². The minimum Gasteiger partial charge on any atom is -0.465 e. The van der Waals surface area contributed by atoms with Gasteiger partial charge in [0.25, 0.3) is 0 Å². The van der Waals surface area contributed by atoms with Gasteiger partial charge in [0.05, 0.1) is 24.1 Å². The minimum absolute atomic E-state index is 0.304. The van der Waals surface area contributed by atoms with Gasteiger partial charge in [-0.25, -0.2) is 14.6 Å². The molecule has 0 radical (unpaired) electrons. The van der Waals surface area contributed by atoms with Gasteiger partial charge in [-0.05, 0) is 33.8 Å². The second kappa shape index (κ2) is 5.67. The van der Waals surface area contributed by atoms with Gasteiger partial charge in [-0.2, -0.15) is 0 Å². The second-order valence-corrected chi connectivity index (χ2v) is 5.87. The van der Waals surface area contributed by atoms with Crippen molar-refractivity contribution < 1.29 is 19.1 Å². The maximum atomic E-state index is 11.9. The maximum Gasteiger partial charge on any atom is 0.412 e. The fourth-order valence-corrected chi connectivity index (χ4v) is 1.96. The third kappa shape index (κ3) is 3.55. The van der Waals surface area contributed by atoms with Crippen LogP contribution < -0.4 is 5.32 Å². The first-order valence-corrected chi connectivity index (χ1v) is 6.77. The minimum atomic E-state index is -0.619. The van der Waals surface area contributed by atoms with Gasteiger partial charge in [0.15, 0.2) is 5.65 Å². The summed E-state index contributed by atoms with van der Waals surface area (Å²) in [6.45, 7) is 7.13. The lowest BCUT2D eigenvalue weighted by Crippen LogP contribution is -2.27. The number of pyridine rings is 1. The van der Waals surface area contributed by atoms with E-state index < -0.39 is 17.7 Å². The zero-order chi connectivity index (χ0) is 16.5. The molecule has 7 nitrogen and oxygen atoms in total. The van der Waals surface area contributed by atoms with Crippen LogP contribution in [-0.2, 0) is 9.47 Å². The molecule has 2 aromatic rings. The first-order valence-electron chi connectivity index (χ1n) is 6.77. The van der Waals surface area contributed by atoms with Crippen molar-refractivity contribution in [1.29, 1.82) is 0 Å². The zero-order valence-corrected chi connectivity index (χ0v) is 13.3. The SMILES string of the molecule is COC(=O)c1cc(NC(=O)OC(C)(C)C)c2nc(C)cn2c1. The summed E-state index contributed by atoms with van der Waals surface area (Å²) < 4.78 is 11.6. The number of fused-ring (bicyclic) bond motifs is 1. The van der Waals surface area contributed by atoms with Crippen molar-refractivity contribution in [2.45, 2.75) is 33.3 Å². The van der Waals surface area contributed by atoms with Gasteiger partial charge in [-0.1, -0.05) is 0 Å². The van der Waals surface area contributed by atoms with Crippen molar-refractivity contribution in [2.75, 3.05) is 12.4 Å². The summed E-state index contributed by atoms with van der Waals surface area (Å²) >= 11 is 0. The standard InChI is InChI=1S/C15H19N3O4/c1-9-7-18-8-10(13(19)21-5)6-11(12(18)16-9)17-14(20)22-15(2,3)4/h6-8H,1-5H3,(H,17,20). The molecule has 0 unspecified atom stereocenters. The number of nitrogens with zero attached hydrogens (tertiary/aromatic N) is 2. The normalized spacial score (nSPS) is 11.3. The van der Waals surface area contributed by atoms with Crippen LogP contribution in [0.2, 0.25) is 0 Å². The molecule has 0 saturated heterocycles. The monoisotopic (exact) mass is 305 g/mol. The first kappa shape index (κ1) is 15.8. The number of anilines is 1. The lowest BCUT2D eigenvalue weighted by Gasteiger charge is -2.20. The van der Waals surface area contributed by atoms with E-state index in [1.807, 2.05) is 6.92 Å². The molecule has 22 heavy (non-hydrogen) atoms. The molecular weight excluding hydrogens is 286 g/mol. The topological polar surface area (TPSA) is 81.9 Å². The number of hydrogen-bond acceptors (Lipinski definition) is 5. The highest BCUT2D eigenvalue weighted by molar-refractivity contribution is 5.95. The summed E-state index contributed by atoms with van der Waals surface area (Å²) in [5.41, 5.74) is 1.35. The number of amides is 1. The molecule has 0 atom stereocenters. The fourth-order valence-electron chi connectivity index (χ4n) is 1.96. The average Bonchev–Trinajstić information content (AvgIpc) is 2.76. The molecular formula is C15H19N3O4. The molecule has 0 aromatic carbocycles. The third-order valence-corrected chi connectivity index (χ3v) is 2.73. The van der Waals surface area contributed by atoms with E-state index in [-0.39, 0.29) is 0 Å². The summed E-state index contributed by atoms with van der Waals surface area (Å²) in [5, 5.41) is 2.62. The van der Waals surface area contributed by atoms with E-state index in [9.17, 15) is 9.59 Å². The first-order chi connectivity index (χ1) is 10.2. The lowest BCUT2D eigenvalue weighted by atomic mass is 10.2. The smallest absolute Gasteiger partial charge is 0.412 e.